The van der Waals surface area contributed by atoms with E-state index in [0.717, 1.165) is 16.9 Å². The minimum Gasteiger partial charge on any atom is -0.338 e. The van der Waals surface area contributed by atoms with Crippen LogP contribution in [-0.2, 0) is 10.2 Å². The maximum atomic E-state index is 13.4. The summed E-state index contributed by atoms with van der Waals surface area (Å²) in [4.78, 5) is 12.5. The number of nitrogens with one attached hydrogen (secondary N) is 1. The molecule has 0 aliphatic rings. The van der Waals surface area contributed by atoms with Crippen molar-refractivity contribution in [1.29, 1.82) is 0 Å². The molecule has 0 atom stereocenters. The van der Waals surface area contributed by atoms with E-state index in [1.807, 2.05) is 55.7 Å². The molecule has 2 aromatic carbocycles. The van der Waals surface area contributed by atoms with Crippen LogP contribution in [0.1, 0.15) is 26.5 Å². The van der Waals surface area contributed by atoms with Crippen molar-refractivity contribution in [3.63, 3.8) is 0 Å². The molecule has 1 amide bonds. The van der Waals surface area contributed by atoms with E-state index < -0.39 is 0 Å². The molecule has 0 spiro atoms. The number of carbonyl (C=O) groups is 1. The highest BCUT2D eigenvalue weighted by molar-refractivity contribution is 7.99. The van der Waals surface area contributed by atoms with Crippen molar-refractivity contribution >= 4 is 23.6 Å². The topological polar surface area (TPSA) is 85.8 Å². The highest BCUT2D eigenvalue weighted by Crippen LogP contribution is 2.28. The smallest absolute Gasteiger partial charge is 0.237 e. The van der Waals surface area contributed by atoms with Crippen LogP contribution in [0.25, 0.3) is 17.1 Å². The largest absolute Gasteiger partial charge is 0.338 e. The summed E-state index contributed by atoms with van der Waals surface area (Å²) in [5.74, 6) is 0.381. The van der Waals surface area contributed by atoms with Crippen molar-refractivity contribution in [1.82, 2.24) is 19.9 Å². The Balaban J connectivity index is 1.54. The summed E-state index contributed by atoms with van der Waals surface area (Å²) in [7, 11) is 0. The van der Waals surface area contributed by atoms with Crippen LogP contribution in [0.4, 0.5) is 10.3 Å². The first-order valence-electron chi connectivity index (χ1n) is 9.98. The number of halogens is 1. The van der Waals surface area contributed by atoms with Gasteiger partial charge in [0, 0.05) is 22.7 Å². The number of aromatic nitrogens is 4. The first kappa shape index (κ1) is 21.8. The fraction of sp³-hybridized carbons (Fsp3) is 0.217. The Morgan fingerprint density at radius 1 is 1.09 bits per heavy atom. The number of anilines is 1. The highest BCUT2D eigenvalue weighted by atomic mass is 32.2. The van der Waals surface area contributed by atoms with Crippen LogP contribution >= 0.6 is 11.8 Å². The van der Waals surface area contributed by atoms with E-state index in [-0.39, 0.29) is 22.9 Å². The van der Waals surface area contributed by atoms with Gasteiger partial charge in [-0.3, -0.25) is 14.7 Å². The molecule has 0 fully saturated rings. The number of thioether (sulfide) groups is 1. The molecule has 1 N–H and O–H groups in total. The van der Waals surface area contributed by atoms with Gasteiger partial charge in [-0.1, -0.05) is 55.9 Å². The second kappa shape index (κ2) is 8.96. The maximum absolute atomic E-state index is 13.4. The molecule has 0 unspecified atom stereocenters. The average Bonchev–Trinajstić information content (AvgIpc) is 3.40. The molecule has 0 aliphatic carbocycles. The molecule has 2 heterocycles. The lowest BCUT2D eigenvalue weighted by Gasteiger charge is -2.12. The van der Waals surface area contributed by atoms with Crippen LogP contribution in [-0.4, -0.2) is 31.6 Å². The van der Waals surface area contributed by atoms with Gasteiger partial charge in [-0.25, -0.2) is 4.39 Å². The third-order valence-electron chi connectivity index (χ3n) is 4.62. The number of hydrogen-bond acceptors (Lipinski definition) is 6. The molecular weight excluding hydrogens is 429 g/mol. The van der Waals surface area contributed by atoms with Crippen molar-refractivity contribution in [2.75, 3.05) is 11.1 Å². The average molecular weight is 452 g/mol. The van der Waals surface area contributed by atoms with Crippen molar-refractivity contribution in [2.24, 2.45) is 0 Å². The Labute approximate surface area is 189 Å². The first-order valence-corrected chi connectivity index (χ1v) is 11.0. The van der Waals surface area contributed by atoms with E-state index in [9.17, 15) is 9.18 Å². The van der Waals surface area contributed by atoms with E-state index >= 15 is 0 Å². The second-order valence-corrected chi connectivity index (χ2v) is 9.09. The van der Waals surface area contributed by atoms with Gasteiger partial charge in [0.05, 0.1) is 11.4 Å². The number of amides is 1. The zero-order valence-electron chi connectivity index (χ0n) is 17.9. The van der Waals surface area contributed by atoms with E-state index in [0.29, 0.717) is 16.9 Å². The number of carbonyl (C=O) groups excluding carboxylic acids is 1. The summed E-state index contributed by atoms with van der Waals surface area (Å²) in [6, 6.07) is 17.3. The third-order valence-corrected chi connectivity index (χ3v) is 5.55. The highest BCUT2D eigenvalue weighted by Gasteiger charge is 2.21. The van der Waals surface area contributed by atoms with Gasteiger partial charge < -0.3 is 4.52 Å². The van der Waals surface area contributed by atoms with Crippen LogP contribution < -0.4 is 5.32 Å². The van der Waals surface area contributed by atoms with Crippen LogP contribution in [0.15, 0.2) is 70.3 Å². The van der Waals surface area contributed by atoms with E-state index in [1.54, 1.807) is 18.2 Å². The lowest BCUT2D eigenvalue weighted by atomic mass is 9.92. The van der Waals surface area contributed by atoms with Gasteiger partial charge in [0.2, 0.25) is 11.8 Å². The summed E-state index contributed by atoms with van der Waals surface area (Å²) in [5, 5.41) is 15.8. The fourth-order valence-corrected chi connectivity index (χ4v) is 3.70. The third kappa shape index (κ3) is 4.88. The molecule has 9 heteroatoms. The summed E-state index contributed by atoms with van der Waals surface area (Å²) < 4.78 is 20.5. The molecule has 4 rings (SSSR count). The summed E-state index contributed by atoms with van der Waals surface area (Å²) in [6.45, 7) is 6.05. The number of para-hydroxylation sites is 1. The van der Waals surface area contributed by atoms with Crippen molar-refractivity contribution in [3.05, 3.63) is 72.2 Å². The van der Waals surface area contributed by atoms with Crippen LogP contribution in [0.3, 0.4) is 0 Å². The van der Waals surface area contributed by atoms with Crippen molar-refractivity contribution in [2.45, 2.75) is 31.3 Å². The summed E-state index contributed by atoms with van der Waals surface area (Å²) in [6.07, 6.45) is 0. The molecule has 2 aromatic heterocycles. The summed E-state index contributed by atoms with van der Waals surface area (Å²) >= 11 is 1.24. The molecule has 32 heavy (non-hydrogen) atoms. The number of hydrogen-bond donors (Lipinski definition) is 1. The minimum absolute atomic E-state index is 0.0972. The number of nitrogens with zero attached hydrogens (tertiary/aromatic N) is 4. The van der Waals surface area contributed by atoms with Crippen LogP contribution in [0.2, 0.25) is 0 Å². The predicted octanol–water partition coefficient (Wildman–Crippen LogP) is 5.09. The molecule has 0 bridgehead atoms. The Morgan fingerprint density at radius 2 is 1.81 bits per heavy atom. The standard InChI is InChI=1S/C23H22FN5O2S/c1-23(2,3)18-13-20(31-28-18)25-19(30)14-32-22-27-26-21(15-9-11-16(24)12-10-15)29(22)17-7-5-4-6-8-17/h4-13H,14H2,1-3H3,(H,25,30). The van der Waals surface area contributed by atoms with Gasteiger partial charge in [0.25, 0.3) is 0 Å². The second-order valence-electron chi connectivity index (χ2n) is 8.15. The first-order chi connectivity index (χ1) is 15.3. The molecule has 0 aliphatic heterocycles. The van der Waals surface area contributed by atoms with Crippen molar-refractivity contribution < 1.29 is 13.7 Å². The van der Waals surface area contributed by atoms with Gasteiger partial charge >= 0.3 is 0 Å². The lowest BCUT2D eigenvalue weighted by molar-refractivity contribution is -0.113. The zero-order chi connectivity index (χ0) is 22.7. The Kier molecular flexibility index (Phi) is 6.09. The molecule has 0 saturated carbocycles. The Morgan fingerprint density at radius 3 is 2.47 bits per heavy atom. The van der Waals surface area contributed by atoms with Gasteiger partial charge in [0.1, 0.15) is 5.82 Å². The normalized spacial score (nSPS) is 11.5. The molecular formula is C23H22FN5O2S. The van der Waals surface area contributed by atoms with Gasteiger partial charge in [-0.05, 0) is 36.4 Å². The number of benzene rings is 2. The predicted molar refractivity (Wildman–Crippen MR) is 121 cm³/mol. The molecule has 164 valence electrons. The van der Waals surface area contributed by atoms with Gasteiger partial charge in [-0.2, -0.15) is 0 Å². The SMILES string of the molecule is CC(C)(C)c1cc(NC(=O)CSc2nnc(-c3ccc(F)cc3)n2-c2ccccc2)on1. The summed E-state index contributed by atoms with van der Waals surface area (Å²) in [5.41, 5.74) is 2.14. The van der Waals surface area contributed by atoms with E-state index in [4.69, 9.17) is 4.52 Å². The molecule has 4 aromatic rings. The molecule has 0 radical (unpaired) electrons. The van der Waals surface area contributed by atoms with Crippen molar-refractivity contribution in [3.8, 4) is 17.1 Å². The number of rotatable bonds is 6. The minimum atomic E-state index is -0.326. The maximum Gasteiger partial charge on any atom is 0.237 e. The Hall–Kier alpha value is -3.46. The molecule has 0 saturated heterocycles. The van der Waals surface area contributed by atoms with Crippen LogP contribution in [0.5, 0.6) is 0 Å². The van der Waals surface area contributed by atoms with Crippen LogP contribution in [0, 0.1) is 5.82 Å². The monoisotopic (exact) mass is 451 g/mol. The zero-order valence-corrected chi connectivity index (χ0v) is 18.7. The van der Waals surface area contributed by atoms with Gasteiger partial charge in [0.15, 0.2) is 11.0 Å². The quantitative estimate of drug-likeness (QED) is 0.411. The molecule has 7 nitrogen and oxygen atoms in total. The lowest BCUT2D eigenvalue weighted by Crippen LogP contribution is -2.14. The van der Waals surface area contributed by atoms with Gasteiger partial charge in [-0.15, -0.1) is 10.2 Å². The fourth-order valence-electron chi connectivity index (χ4n) is 2.95. The van der Waals surface area contributed by atoms with E-state index in [2.05, 4.69) is 20.7 Å². The Bertz CT molecular complexity index is 1210. The van der Waals surface area contributed by atoms with E-state index in [1.165, 1.54) is 23.9 Å².